The van der Waals surface area contributed by atoms with Crippen molar-refractivity contribution in [2.24, 2.45) is 0 Å². The van der Waals surface area contributed by atoms with Gasteiger partial charge in [0.15, 0.2) is 0 Å². The predicted octanol–water partition coefficient (Wildman–Crippen LogP) is 4.14. The van der Waals surface area contributed by atoms with Crippen LogP contribution in [0.1, 0.15) is 44.7 Å². The molecule has 0 spiro atoms. The van der Waals surface area contributed by atoms with E-state index in [1.54, 1.807) is 20.8 Å². The first-order chi connectivity index (χ1) is 14.7. The van der Waals surface area contributed by atoms with Crippen molar-refractivity contribution < 1.29 is 22.7 Å². The molecule has 0 saturated heterocycles. The SMILES string of the molecule is CC(C)(C)OC(=O)NCC(Nc1ncc(-c2nnc(C(F)F)o2)cn1)c1ccccc1. The summed E-state index contributed by atoms with van der Waals surface area (Å²) in [5.41, 5.74) is 0.579. The summed E-state index contributed by atoms with van der Waals surface area (Å²) in [6.45, 7) is 5.55. The molecule has 0 saturated carbocycles. The number of carbonyl (C=O) groups excluding carboxylic acids is 1. The summed E-state index contributed by atoms with van der Waals surface area (Å²) in [7, 11) is 0. The van der Waals surface area contributed by atoms with Gasteiger partial charge in [0.2, 0.25) is 5.95 Å². The molecule has 3 aromatic rings. The third kappa shape index (κ3) is 6.43. The monoisotopic (exact) mass is 432 g/mol. The number of hydrogen-bond donors (Lipinski definition) is 2. The molecule has 1 aromatic carbocycles. The molecule has 1 atom stereocenters. The Balaban J connectivity index is 1.71. The van der Waals surface area contributed by atoms with E-state index in [0.29, 0.717) is 5.56 Å². The Morgan fingerprint density at radius 1 is 1.13 bits per heavy atom. The number of nitrogens with zero attached hydrogens (tertiary/aromatic N) is 4. The molecule has 31 heavy (non-hydrogen) atoms. The lowest BCUT2D eigenvalue weighted by Gasteiger charge is -2.23. The molecule has 1 amide bonds. The van der Waals surface area contributed by atoms with Crippen molar-refractivity contribution in [3.63, 3.8) is 0 Å². The van der Waals surface area contributed by atoms with Gasteiger partial charge in [-0.15, -0.1) is 10.2 Å². The number of rotatable bonds is 7. The smallest absolute Gasteiger partial charge is 0.407 e. The topological polar surface area (TPSA) is 115 Å². The number of benzene rings is 1. The normalized spacial score (nSPS) is 12.5. The van der Waals surface area contributed by atoms with Gasteiger partial charge in [-0.3, -0.25) is 0 Å². The zero-order valence-corrected chi connectivity index (χ0v) is 17.2. The van der Waals surface area contributed by atoms with Gasteiger partial charge in [0.1, 0.15) is 5.60 Å². The minimum Gasteiger partial charge on any atom is -0.444 e. The predicted molar refractivity (Wildman–Crippen MR) is 107 cm³/mol. The first kappa shape index (κ1) is 22.1. The van der Waals surface area contributed by atoms with E-state index >= 15 is 0 Å². The molecule has 1 unspecified atom stereocenters. The van der Waals surface area contributed by atoms with Gasteiger partial charge in [-0.2, -0.15) is 8.78 Å². The Hall–Kier alpha value is -3.63. The Morgan fingerprint density at radius 2 is 1.81 bits per heavy atom. The zero-order chi connectivity index (χ0) is 22.4. The molecule has 164 valence electrons. The number of hydrogen-bond acceptors (Lipinski definition) is 8. The molecule has 0 radical (unpaired) electrons. The molecule has 2 heterocycles. The van der Waals surface area contributed by atoms with E-state index in [-0.39, 0.29) is 24.4 Å². The maximum Gasteiger partial charge on any atom is 0.407 e. The van der Waals surface area contributed by atoms with Gasteiger partial charge in [0.25, 0.3) is 11.8 Å². The number of alkyl carbamates (subject to hydrolysis) is 1. The Labute approximate surface area is 177 Å². The highest BCUT2D eigenvalue weighted by Gasteiger charge is 2.20. The number of aromatic nitrogens is 4. The second-order valence-corrected chi connectivity index (χ2v) is 7.53. The van der Waals surface area contributed by atoms with Crippen LogP contribution >= 0.6 is 0 Å². The van der Waals surface area contributed by atoms with Crippen molar-refractivity contribution in [2.75, 3.05) is 11.9 Å². The maximum absolute atomic E-state index is 12.6. The highest BCUT2D eigenvalue weighted by Crippen LogP contribution is 2.23. The largest absolute Gasteiger partial charge is 0.444 e. The van der Waals surface area contributed by atoms with Gasteiger partial charge in [-0.25, -0.2) is 14.8 Å². The molecule has 0 aliphatic carbocycles. The van der Waals surface area contributed by atoms with Crippen LogP contribution in [0.15, 0.2) is 47.1 Å². The zero-order valence-electron chi connectivity index (χ0n) is 17.2. The van der Waals surface area contributed by atoms with Crippen LogP contribution in [0.4, 0.5) is 19.5 Å². The lowest BCUT2D eigenvalue weighted by atomic mass is 10.1. The third-order valence-corrected chi connectivity index (χ3v) is 3.88. The van der Waals surface area contributed by atoms with E-state index in [4.69, 9.17) is 9.15 Å². The fourth-order valence-electron chi connectivity index (χ4n) is 2.55. The Kier molecular flexibility index (Phi) is 6.73. The third-order valence-electron chi connectivity index (χ3n) is 3.88. The van der Waals surface area contributed by atoms with Crippen molar-refractivity contribution in [3.05, 3.63) is 54.2 Å². The van der Waals surface area contributed by atoms with Gasteiger partial charge in [0.05, 0.1) is 11.6 Å². The van der Waals surface area contributed by atoms with Crippen molar-refractivity contribution in [3.8, 4) is 11.5 Å². The van der Waals surface area contributed by atoms with Crippen LogP contribution in [0, 0.1) is 0 Å². The number of ether oxygens (including phenoxy) is 1. The van der Waals surface area contributed by atoms with Gasteiger partial charge >= 0.3 is 12.5 Å². The van der Waals surface area contributed by atoms with Crippen LogP contribution < -0.4 is 10.6 Å². The molecule has 2 aromatic heterocycles. The van der Waals surface area contributed by atoms with E-state index in [1.165, 1.54) is 12.4 Å². The molecule has 0 fully saturated rings. The van der Waals surface area contributed by atoms with E-state index in [0.717, 1.165) is 5.56 Å². The lowest BCUT2D eigenvalue weighted by molar-refractivity contribution is 0.0525. The number of halogens is 2. The molecule has 0 aliphatic heterocycles. The lowest BCUT2D eigenvalue weighted by Crippen LogP contribution is -2.36. The summed E-state index contributed by atoms with van der Waals surface area (Å²) in [6, 6.07) is 9.06. The van der Waals surface area contributed by atoms with Crippen molar-refractivity contribution in [2.45, 2.75) is 38.8 Å². The molecule has 11 heteroatoms. The first-order valence-corrected chi connectivity index (χ1v) is 9.43. The highest BCUT2D eigenvalue weighted by atomic mass is 19.3. The van der Waals surface area contributed by atoms with Crippen LogP contribution in [-0.2, 0) is 4.74 Å². The molecule has 2 N–H and O–H groups in total. The standard InChI is InChI=1S/C20H22F2N6O3/c1-20(2,3)31-19(29)25-11-14(12-7-5-4-6-8-12)26-18-23-9-13(10-24-18)16-27-28-17(30-16)15(21)22/h4-10,14-15H,11H2,1-3H3,(H,25,29)(H,23,24,26). The van der Waals surface area contributed by atoms with E-state index in [2.05, 4.69) is 30.8 Å². The molecule has 0 aliphatic rings. The van der Waals surface area contributed by atoms with Crippen molar-refractivity contribution in [1.29, 1.82) is 0 Å². The fourth-order valence-corrected chi connectivity index (χ4v) is 2.55. The quantitative estimate of drug-likeness (QED) is 0.572. The summed E-state index contributed by atoms with van der Waals surface area (Å²) >= 11 is 0. The van der Waals surface area contributed by atoms with Crippen LogP contribution in [0.2, 0.25) is 0 Å². The number of amides is 1. The number of carbonyl (C=O) groups is 1. The average Bonchev–Trinajstić information content (AvgIpc) is 3.21. The van der Waals surface area contributed by atoms with Crippen LogP contribution in [0.5, 0.6) is 0 Å². The minimum absolute atomic E-state index is 0.104. The molecule has 0 bridgehead atoms. The number of alkyl halides is 2. The summed E-state index contributed by atoms with van der Waals surface area (Å²) in [5, 5.41) is 12.7. The second kappa shape index (κ2) is 9.45. The average molecular weight is 432 g/mol. The van der Waals surface area contributed by atoms with Gasteiger partial charge in [-0.05, 0) is 26.3 Å². The van der Waals surface area contributed by atoms with Gasteiger partial charge in [-0.1, -0.05) is 30.3 Å². The Bertz CT molecular complexity index is 990. The van der Waals surface area contributed by atoms with Crippen LogP contribution in [0.3, 0.4) is 0 Å². The highest BCUT2D eigenvalue weighted by molar-refractivity contribution is 5.67. The Morgan fingerprint density at radius 3 is 2.39 bits per heavy atom. The molecule has 3 rings (SSSR count). The van der Waals surface area contributed by atoms with Crippen LogP contribution in [0.25, 0.3) is 11.5 Å². The van der Waals surface area contributed by atoms with Gasteiger partial charge < -0.3 is 19.8 Å². The molecule has 9 nitrogen and oxygen atoms in total. The summed E-state index contributed by atoms with van der Waals surface area (Å²) < 4.78 is 35.4. The summed E-state index contributed by atoms with van der Waals surface area (Å²) in [5.74, 6) is -0.611. The molecular weight excluding hydrogens is 410 g/mol. The van der Waals surface area contributed by atoms with Crippen LogP contribution in [-0.4, -0.2) is 38.4 Å². The first-order valence-electron chi connectivity index (χ1n) is 9.43. The summed E-state index contributed by atoms with van der Waals surface area (Å²) in [4.78, 5) is 20.4. The number of nitrogens with one attached hydrogen (secondary N) is 2. The summed E-state index contributed by atoms with van der Waals surface area (Å²) in [6.07, 6.45) is -0.645. The van der Waals surface area contributed by atoms with Crippen molar-refractivity contribution >= 4 is 12.0 Å². The van der Waals surface area contributed by atoms with Crippen molar-refractivity contribution in [1.82, 2.24) is 25.5 Å². The van der Waals surface area contributed by atoms with Gasteiger partial charge in [0, 0.05) is 18.9 Å². The van der Waals surface area contributed by atoms with E-state index in [1.807, 2.05) is 30.3 Å². The fraction of sp³-hybridized carbons (Fsp3) is 0.350. The maximum atomic E-state index is 12.6. The van der Waals surface area contributed by atoms with E-state index < -0.39 is 24.0 Å². The molecular formula is C20H22F2N6O3. The number of anilines is 1. The van der Waals surface area contributed by atoms with E-state index in [9.17, 15) is 13.6 Å². The second-order valence-electron chi connectivity index (χ2n) is 7.53. The minimum atomic E-state index is -2.85.